The molecule has 0 spiro atoms. The standard InChI is InChI=1S/C7H13NO.ClH/c1-2-7-3-6(8,4-7)5-9-7;/h2-5,8H2,1H3;1H. The smallest absolute Gasteiger partial charge is 0.0717 e. The predicted molar refractivity (Wildman–Crippen MR) is 42.4 cm³/mol. The highest BCUT2D eigenvalue weighted by Gasteiger charge is 2.59. The molecule has 3 heteroatoms. The Hall–Kier alpha value is 0.210. The lowest BCUT2D eigenvalue weighted by atomic mass is 9.68. The molecule has 3 aliphatic rings. The molecular formula is C7H14ClNO. The van der Waals surface area contributed by atoms with E-state index in [1.807, 2.05) is 0 Å². The van der Waals surface area contributed by atoms with Crippen molar-refractivity contribution in [3.8, 4) is 0 Å². The summed E-state index contributed by atoms with van der Waals surface area (Å²) in [6.07, 6.45) is 3.32. The van der Waals surface area contributed by atoms with Gasteiger partial charge in [0.25, 0.3) is 0 Å². The molecule has 2 N–H and O–H groups in total. The zero-order valence-electron chi connectivity index (χ0n) is 6.22. The fourth-order valence-electron chi connectivity index (χ4n) is 2.08. The van der Waals surface area contributed by atoms with Gasteiger partial charge in [0.15, 0.2) is 0 Å². The van der Waals surface area contributed by atoms with Crippen LogP contribution in [0.25, 0.3) is 0 Å². The number of rotatable bonds is 1. The lowest BCUT2D eigenvalue weighted by molar-refractivity contribution is -0.00483. The molecule has 0 atom stereocenters. The quantitative estimate of drug-likeness (QED) is 0.628. The van der Waals surface area contributed by atoms with Crippen molar-refractivity contribution >= 4 is 12.4 Å². The molecule has 2 bridgehead atoms. The SMILES string of the molecule is CCC12CC(N)(CO1)C2.Cl. The lowest BCUT2D eigenvalue weighted by Gasteiger charge is -2.41. The first-order chi connectivity index (χ1) is 4.18. The third kappa shape index (κ3) is 0.865. The highest BCUT2D eigenvalue weighted by atomic mass is 35.5. The molecule has 0 radical (unpaired) electrons. The number of fused-ring (bicyclic) bond motifs is 1. The molecule has 2 aliphatic heterocycles. The van der Waals surface area contributed by atoms with Crippen LogP contribution in [-0.4, -0.2) is 17.7 Å². The van der Waals surface area contributed by atoms with Gasteiger partial charge in [0, 0.05) is 5.54 Å². The average molecular weight is 164 g/mol. The van der Waals surface area contributed by atoms with Gasteiger partial charge in [0.1, 0.15) is 0 Å². The van der Waals surface area contributed by atoms with Gasteiger partial charge in [-0.1, -0.05) is 6.92 Å². The van der Waals surface area contributed by atoms with Crippen molar-refractivity contribution in [2.75, 3.05) is 6.61 Å². The maximum atomic E-state index is 5.88. The molecule has 3 fully saturated rings. The summed E-state index contributed by atoms with van der Waals surface area (Å²) in [4.78, 5) is 0. The fourth-order valence-corrected chi connectivity index (χ4v) is 2.08. The molecular weight excluding hydrogens is 150 g/mol. The minimum Gasteiger partial charge on any atom is -0.373 e. The van der Waals surface area contributed by atoms with E-state index >= 15 is 0 Å². The van der Waals surface area contributed by atoms with Gasteiger partial charge in [-0.15, -0.1) is 12.4 Å². The molecule has 2 saturated heterocycles. The summed E-state index contributed by atoms with van der Waals surface area (Å²) in [7, 11) is 0. The molecule has 0 aromatic carbocycles. The zero-order chi connectivity index (χ0) is 6.54. The second-order valence-electron chi connectivity index (χ2n) is 3.54. The first kappa shape index (κ1) is 8.31. The second-order valence-corrected chi connectivity index (χ2v) is 3.54. The van der Waals surface area contributed by atoms with Crippen LogP contribution in [0.1, 0.15) is 26.2 Å². The van der Waals surface area contributed by atoms with E-state index in [1.165, 1.54) is 0 Å². The Bertz CT molecular complexity index is 143. The molecule has 0 aromatic heterocycles. The molecule has 10 heavy (non-hydrogen) atoms. The van der Waals surface area contributed by atoms with E-state index in [0.29, 0.717) is 0 Å². The summed E-state index contributed by atoms with van der Waals surface area (Å²) in [6, 6.07) is 0. The van der Waals surface area contributed by atoms with Crippen LogP contribution in [0.5, 0.6) is 0 Å². The molecule has 0 aromatic rings. The van der Waals surface area contributed by atoms with Gasteiger partial charge < -0.3 is 10.5 Å². The van der Waals surface area contributed by atoms with Gasteiger partial charge in [0.05, 0.1) is 12.2 Å². The van der Waals surface area contributed by atoms with E-state index in [0.717, 1.165) is 25.9 Å². The Labute approximate surface area is 67.5 Å². The van der Waals surface area contributed by atoms with Crippen LogP contribution in [-0.2, 0) is 4.74 Å². The largest absolute Gasteiger partial charge is 0.373 e. The highest BCUT2D eigenvalue weighted by molar-refractivity contribution is 5.85. The van der Waals surface area contributed by atoms with Crippen molar-refractivity contribution in [3.05, 3.63) is 0 Å². The maximum absolute atomic E-state index is 5.88. The predicted octanol–water partition coefficient (Wildman–Crippen LogP) is 1.08. The van der Waals surface area contributed by atoms with Gasteiger partial charge in [-0.05, 0) is 19.3 Å². The number of ether oxygens (including phenoxy) is 1. The number of hydrogen-bond donors (Lipinski definition) is 1. The minimum atomic E-state index is 0. The first-order valence-electron chi connectivity index (χ1n) is 3.61. The Morgan fingerprint density at radius 3 is 2.30 bits per heavy atom. The van der Waals surface area contributed by atoms with E-state index in [-0.39, 0.29) is 23.5 Å². The van der Waals surface area contributed by atoms with E-state index < -0.39 is 0 Å². The Morgan fingerprint density at radius 2 is 2.10 bits per heavy atom. The maximum Gasteiger partial charge on any atom is 0.0717 e. The van der Waals surface area contributed by atoms with Gasteiger partial charge in [-0.25, -0.2) is 0 Å². The Kier molecular flexibility index (Phi) is 1.74. The van der Waals surface area contributed by atoms with Crippen molar-refractivity contribution in [1.29, 1.82) is 0 Å². The van der Waals surface area contributed by atoms with Crippen LogP contribution in [0.4, 0.5) is 0 Å². The normalized spacial score (nSPS) is 49.8. The second kappa shape index (κ2) is 2.10. The monoisotopic (exact) mass is 163 g/mol. The van der Waals surface area contributed by atoms with Crippen molar-refractivity contribution in [3.63, 3.8) is 0 Å². The summed E-state index contributed by atoms with van der Waals surface area (Å²) < 4.78 is 5.54. The van der Waals surface area contributed by atoms with Crippen LogP contribution in [0.2, 0.25) is 0 Å². The number of halogens is 1. The van der Waals surface area contributed by atoms with Crippen molar-refractivity contribution in [2.45, 2.75) is 37.3 Å². The van der Waals surface area contributed by atoms with Gasteiger partial charge in [-0.2, -0.15) is 0 Å². The van der Waals surface area contributed by atoms with Crippen molar-refractivity contribution in [2.24, 2.45) is 5.73 Å². The molecule has 0 amide bonds. The number of hydrogen-bond acceptors (Lipinski definition) is 2. The highest BCUT2D eigenvalue weighted by Crippen LogP contribution is 2.51. The van der Waals surface area contributed by atoms with E-state index in [1.54, 1.807) is 0 Å². The molecule has 2 nitrogen and oxygen atoms in total. The number of nitrogens with two attached hydrogens (primary N) is 1. The van der Waals surface area contributed by atoms with Gasteiger partial charge in [-0.3, -0.25) is 0 Å². The van der Waals surface area contributed by atoms with Crippen LogP contribution < -0.4 is 5.73 Å². The summed E-state index contributed by atoms with van der Waals surface area (Å²) in [5.41, 5.74) is 6.18. The molecule has 60 valence electrons. The van der Waals surface area contributed by atoms with E-state index in [4.69, 9.17) is 10.5 Å². The van der Waals surface area contributed by atoms with E-state index in [9.17, 15) is 0 Å². The molecule has 1 saturated carbocycles. The van der Waals surface area contributed by atoms with Gasteiger partial charge in [0.2, 0.25) is 0 Å². The molecule has 3 rings (SSSR count). The van der Waals surface area contributed by atoms with Crippen LogP contribution in [0.3, 0.4) is 0 Å². The zero-order valence-corrected chi connectivity index (χ0v) is 7.04. The van der Waals surface area contributed by atoms with Gasteiger partial charge >= 0.3 is 0 Å². The summed E-state index contributed by atoms with van der Waals surface area (Å²) in [5.74, 6) is 0. The van der Waals surface area contributed by atoms with E-state index in [2.05, 4.69) is 6.92 Å². The first-order valence-corrected chi connectivity index (χ1v) is 3.61. The van der Waals surface area contributed by atoms with Crippen molar-refractivity contribution in [1.82, 2.24) is 0 Å². The molecule has 2 heterocycles. The van der Waals surface area contributed by atoms with Crippen LogP contribution >= 0.6 is 12.4 Å². The third-order valence-corrected chi connectivity index (χ3v) is 2.66. The Balaban J connectivity index is 0.000000500. The minimum absolute atomic E-state index is 0. The summed E-state index contributed by atoms with van der Waals surface area (Å²) in [6.45, 7) is 2.96. The molecule has 0 unspecified atom stereocenters. The molecule has 1 aliphatic carbocycles. The van der Waals surface area contributed by atoms with Crippen LogP contribution in [0.15, 0.2) is 0 Å². The Morgan fingerprint density at radius 1 is 1.50 bits per heavy atom. The van der Waals surface area contributed by atoms with Crippen LogP contribution in [0, 0.1) is 0 Å². The van der Waals surface area contributed by atoms with Crippen molar-refractivity contribution < 1.29 is 4.74 Å². The lowest BCUT2D eigenvalue weighted by Crippen LogP contribution is -2.54. The fraction of sp³-hybridized carbons (Fsp3) is 1.00. The summed E-state index contributed by atoms with van der Waals surface area (Å²) in [5, 5.41) is 0. The third-order valence-electron chi connectivity index (χ3n) is 2.66. The summed E-state index contributed by atoms with van der Waals surface area (Å²) >= 11 is 0. The average Bonchev–Trinajstić information content (AvgIpc) is 2.20. The topological polar surface area (TPSA) is 35.2 Å².